The minimum Gasteiger partial charge on any atom is -0.507 e. The second-order valence-corrected chi connectivity index (χ2v) is 7.55. The monoisotopic (exact) mass is 427 g/mol. The molecular formula is C24H26FNO5. The maximum Gasteiger partial charge on any atom is 0.295 e. The summed E-state index contributed by atoms with van der Waals surface area (Å²) in [5.41, 5.74) is 0.670. The smallest absolute Gasteiger partial charge is 0.295 e. The molecule has 1 amide bonds. The van der Waals surface area contributed by atoms with Crippen molar-refractivity contribution >= 4 is 17.4 Å². The van der Waals surface area contributed by atoms with Crippen LogP contribution in [0.2, 0.25) is 0 Å². The zero-order chi connectivity index (χ0) is 22.5. The fourth-order valence-corrected chi connectivity index (χ4v) is 3.61. The molecule has 1 fully saturated rings. The molecular weight excluding hydrogens is 401 g/mol. The molecule has 7 heteroatoms. The summed E-state index contributed by atoms with van der Waals surface area (Å²) in [5, 5.41) is 11.0. The van der Waals surface area contributed by atoms with E-state index in [9.17, 15) is 19.1 Å². The average molecular weight is 427 g/mol. The topological polar surface area (TPSA) is 76.1 Å². The Morgan fingerprint density at radius 1 is 1.16 bits per heavy atom. The number of methoxy groups -OCH3 is 1. The van der Waals surface area contributed by atoms with Crippen molar-refractivity contribution in [3.8, 4) is 5.75 Å². The number of halogens is 1. The molecule has 1 aliphatic heterocycles. The fourth-order valence-electron chi connectivity index (χ4n) is 3.61. The van der Waals surface area contributed by atoms with Gasteiger partial charge in [0.2, 0.25) is 0 Å². The van der Waals surface area contributed by atoms with E-state index < -0.39 is 23.5 Å². The summed E-state index contributed by atoms with van der Waals surface area (Å²) in [6, 6.07) is 11.4. The lowest BCUT2D eigenvalue weighted by Gasteiger charge is -2.25. The minimum atomic E-state index is -0.902. The van der Waals surface area contributed by atoms with E-state index in [1.54, 1.807) is 30.3 Å². The van der Waals surface area contributed by atoms with Gasteiger partial charge in [-0.25, -0.2) is 4.39 Å². The Bertz CT molecular complexity index is 1000. The molecule has 0 bridgehead atoms. The van der Waals surface area contributed by atoms with Crippen molar-refractivity contribution in [1.82, 2.24) is 4.90 Å². The van der Waals surface area contributed by atoms with Crippen LogP contribution in [0.5, 0.6) is 5.75 Å². The lowest BCUT2D eigenvalue weighted by Crippen LogP contribution is -2.31. The highest BCUT2D eigenvalue weighted by atomic mass is 19.1. The maximum atomic E-state index is 14.0. The molecule has 0 aliphatic carbocycles. The van der Waals surface area contributed by atoms with Gasteiger partial charge in [0.1, 0.15) is 17.3 Å². The van der Waals surface area contributed by atoms with Crippen molar-refractivity contribution in [3.63, 3.8) is 0 Å². The molecule has 0 unspecified atom stereocenters. The molecule has 1 N–H and O–H groups in total. The van der Waals surface area contributed by atoms with Crippen molar-refractivity contribution in [1.29, 1.82) is 0 Å². The van der Waals surface area contributed by atoms with Crippen LogP contribution in [0.1, 0.15) is 37.4 Å². The first-order chi connectivity index (χ1) is 14.8. The molecule has 0 saturated carbocycles. The van der Waals surface area contributed by atoms with Gasteiger partial charge in [-0.1, -0.05) is 24.3 Å². The van der Waals surface area contributed by atoms with Gasteiger partial charge in [-0.2, -0.15) is 0 Å². The third-order valence-electron chi connectivity index (χ3n) is 5.04. The van der Waals surface area contributed by atoms with Gasteiger partial charge in [0.25, 0.3) is 11.7 Å². The first-order valence-corrected chi connectivity index (χ1v) is 10.1. The predicted octanol–water partition coefficient (Wildman–Crippen LogP) is 4.07. The van der Waals surface area contributed by atoms with Gasteiger partial charge in [0.15, 0.2) is 0 Å². The molecule has 1 heterocycles. The molecule has 2 aromatic rings. The van der Waals surface area contributed by atoms with Crippen molar-refractivity contribution in [2.45, 2.75) is 32.4 Å². The van der Waals surface area contributed by atoms with Crippen LogP contribution in [0.25, 0.3) is 5.76 Å². The molecule has 3 rings (SSSR count). The summed E-state index contributed by atoms with van der Waals surface area (Å²) in [6.07, 6.45) is 0.540. The van der Waals surface area contributed by atoms with Crippen LogP contribution in [-0.2, 0) is 14.3 Å². The first kappa shape index (κ1) is 22.5. The molecule has 164 valence electrons. The number of aliphatic hydroxyl groups is 1. The van der Waals surface area contributed by atoms with E-state index in [1.807, 2.05) is 13.8 Å². The Labute approximate surface area is 180 Å². The number of carbonyl (C=O) groups excluding carboxylic acids is 2. The zero-order valence-corrected chi connectivity index (χ0v) is 17.8. The molecule has 0 spiro atoms. The molecule has 31 heavy (non-hydrogen) atoms. The van der Waals surface area contributed by atoms with Crippen LogP contribution in [0.3, 0.4) is 0 Å². The van der Waals surface area contributed by atoms with Gasteiger partial charge in [-0.3, -0.25) is 9.59 Å². The van der Waals surface area contributed by atoms with Crippen LogP contribution in [-0.4, -0.2) is 48.1 Å². The number of aliphatic hydroxyl groups excluding tert-OH is 1. The molecule has 2 aromatic carbocycles. The highest BCUT2D eigenvalue weighted by Gasteiger charge is 2.45. The van der Waals surface area contributed by atoms with Crippen molar-refractivity contribution in [3.05, 3.63) is 71.0 Å². The number of ether oxygens (including phenoxy) is 2. The van der Waals surface area contributed by atoms with Gasteiger partial charge in [-0.05, 0) is 50.1 Å². The van der Waals surface area contributed by atoms with E-state index in [-0.39, 0.29) is 24.0 Å². The van der Waals surface area contributed by atoms with Gasteiger partial charge >= 0.3 is 0 Å². The van der Waals surface area contributed by atoms with Gasteiger partial charge in [-0.15, -0.1) is 0 Å². The number of Topliss-reactive ketones (excluding diaryl/α,β-unsaturated/α-hetero) is 1. The first-order valence-electron chi connectivity index (χ1n) is 10.1. The standard InChI is InChI=1S/C24H26FNO5/c1-15(2)31-12-6-11-26-21(16-7-4-9-18(25)13-16)20(23(28)24(26)29)22(27)17-8-5-10-19(14-17)30-3/h4-5,7-10,13-15,21,27H,6,11-12H2,1-3H3/t21-/m0/s1. The highest BCUT2D eigenvalue weighted by molar-refractivity contribution is 6.46. The molecule has 6 nitrogen and oxygen atoms in total. The number of likely N-dealkylation sites (tertiary alicyclic amines) is 1. The van der Waals surface area contributed by atoms with Crippen molar-refractivity contribution in [2.75, 3.05) is 20.3 Å². The summed E-state index contributed by atoms with van der Waals surface area (Å²) in [4.78, 5) is 27.1. The van der Waals surface area contributed by atoms with Crippen LogP contribution in [0.15, 0.2) is 54.1 Å². The molecule has 0 aromatic heterocycles. The second kappa shape index (κ2) is 9.75. The fraction of sp³-hybridized carbons (Fsp3) is 0.333. The number of ketones is 1. The van der Waals surface area contributed by atoms with Crippen LogP contribution in [0.4, 0.5) is 4.39 Å². The van der Waals surface area contributed by atoms with Gasteiger partial charge < -0.3 is 19.5 Å². The van der Waals surface area contributed by atoms with Crippen LogP contribution >= 0.6 is 0 Å². The van der Waals surface area contributed by atoms with E-state index in [2.05, 4.69) is 0 Å². The Kier molecular flexibility index (Phi) is 7.07. The lowest BCUT2D eigenvalue weighted by molar-refractivity contribution is -0.140. The molecule has 0 radical (unpaired) electrons. The Balaban J connectivity index is 2.05. The van der Waals surface area contributed by atoms with E-state index in [4.69, 9.17) is 9.47 Å². The average Bonchev–Trinajstić information content (AvgIpc) is 3.01. The number of nitrogens with zero attached hydrogens (tertiary/aromatic N) is 1. The van der Waals surface area contributed by atoms with Crippen molar-refractivity contribution in [2.24, 2.45) is 0 Å². The molecule has 1 saturated heterocycles. The quantitative estimate of drug-likeness (QED) is 0.297. The molecule has 1 aliphatic rings. The number of hydrogen-bond acceptors (Lipinski definition) is 5. The van der Waals surface area contributed by atoms with Gasteiger partial charge in [0.05, 0.1) is 24.8 Å². The SMILES string of the molecule is COc1cccc(C(O)=C2C(=O)C(=O)N(CCCOC(C)C)[C@H]2c2cccc(F)c2)c1. The van der Waals surface area contributed by atoms with E-state index in [0.717, 1.165) is 0 Å². The lowest BCUT2D eigenvalue weighted by atomic mass is 9.95. The number of benzene rings is 2. The predicted molar refractivity (Wildman–Crippen MR) is 114 cm³/mol. The third-order valence-corrected chi connectivity index (χ3v) is 5.04. The Hall–Kier alpha value is -3.19. The maximum absolute atomic E-state index is 14.0. The van der Waals surface area contributed by atoms with E-state index in [1.165, 1.54) is 30.2 Å². The van der Waals surface area contributed by atoms with E-state index in [0.29, 0.717) is 29.9 Å². The zero-order valence-electron chi connectivity index (χ0n) is 17.8. The normalized spacial score (nSPS) is 18.1. The number of amides is 1. The van der Waals surface area contributed by atoms with Crippen molar-refractivity contribution < 1.29 is 28.6 Å². The molecule has 1 atom stereocenters. The number of rotatable bonds is 8. The second-order valence-electron chi connectivity index (χ2n) is 7.55. The minimum absolute atomic E-state index is 0.0440. The Morgan fingerprint density at radius 2 is 1.90 bits per heavy atom. The summed E-state index contributed by atoms with van der Waals surface area (Å²) in [7, 11) is 1.49. The number of carbonyl (C=O) groups is 2. The highest BCUT2D eigenvalue weighted by Crippen LogP contribution is 2.39. The Morgan fingerprint density at radius 3 is 2.58 bits per heavy atom. The summed E-state index contributed by atoms with van der Waals surface area (Å²) in [6.45, 7) is 4.46. The largest absolute Gasteiger partial charge is 0.507 e. The van der Waals surface area contributed by atoms with Crippen LogP contribution in [0, 0.1) is 5.82 Å². The number of hydrogen-bond donors (Lipinski definition) is 1. The van der Waals surface area contributed by atoms with Crippen LogP contribution < -0.4 is 4.74 Å². The van der Waals surface area contributed by atoms with Gasteiger partial charge in [0, 0.05) is 18.7 Å². The summed E-state index contributed by atoms with van der Waals surface area (Å²) in [5.74, 6) is -1.87. The third kappa shape index (κ3) is 4.94. The summed E-state index contributed by atoms with van der Waals surface area (Å²) < 4.78 is 24.7. The summed E-state index contributed by atoms with van der Waals surface area (Å²) >= 11 is 0. The van der Waals surface area contributed by atoms with E-state index >= 15 is 0 Å².